The number of nitrogens with zero attached hydrogens (tertiary/aromatic N) is 3. The van der Waals surface area contributed by atoms with E-state index in [1.807, 2.05) is 65.3 Å². The van der Waals surface area contributed by atoms with Gasteiger partial charge in [0.2, 0.25) is 0 Å². The molecule has 0 saturated heterocycles. The van der Waals surface area contributed by atoms with Crippen LogP contribution in [0, 0.1) is 12.8 Å². The van der Waals surface area contributed by atoms with Crippen LogP contribution in [0.2, 0.25) is 0 Å². The van der Waals surface area contributed by atoms with E-state index in [1.54, 1.807) is 12.5 Å². The van der Waals surface area contributed by atoms with Gasteiger partial charge in [-0.2, -0.15) is 0 Å². The van der Waals surface area contributed by atoms with Crippen molar-refractivity contribution in [2.45, 2.75) is 50.2 Å². The van der Waals surface area contributed by atoms with Gasteiger partial charge in [-0.3, -0.25) is 4.90 Å². The summed E-state index contributed by atoms with van der Waals surface area (Å²) >= 11 is 2.02. The van der Waals surface area contributed by atoms with E-state index in [9.17, 15) is 19.8 Å². The molecule has 180 valence electrons. The van der Waals surface area contributed by atoms with Gasteiger partial charge in [-0.1, -0.05) is 85.0 Å². The molecule has 34 heavy (non-hydrogen) atoms. The van der Waals surface area contributed by atoms with Crippen molar-refractivity contribution in [2.75, 3.05) is 0 Å². The summed E-state index contributed by atoms with van der Waals surface area (Å²) in [5.41, 5.74) is 5.49. The molecule has 2 aromatic carbocycles. The van der Waals surface area contributed by atoms with Crippen LogP contribution in [-0.4, -0.2) is 46.8 Å². The van der Waals surface area contributed by atoms with Crippen molar-refractivity contribution in [1.29, 1.82) is 0 Å². The molecule has 7 nitrogen and oxygen atoms in total. The van der Waals surface area contributed by atoms with Crippen LogP contribution in [0.5, 0.6) is 0 Å². The molecule has 0 aliphatic rings. The van der Waals surface area contributed by atoms with Crippen LogP contribution >= 0.6 is 22.6 Å². The maximum absolute atomic E-state index is 12.0. The van der Waals surface area contributed by atoms with Gasteiger partial charge in [0.25, 0.3) is 0 Å². The standard InChI is InChI=1S/C26H30IN3O4/c1-17(2)12-23(25(31)32)30(26(33)34)24(27)13-21-14-28-16-29(21)15-20-10-7-11-22(18(20)3)19-8-5-4-6-9-19/h4-11,14,16-17,23-24H,12-13,15H2,1-3H3,(H,31,32)(H,33,34). The number of benzene rings is 2. The molecule has 1 aromatic heterocycles. The molecular formula is C26H30IN3O4. The number of rotatable bonds is 10. The molecule has 2 unspecified atom stereocenters. The Morgan fingerprint density at radius 1 is 1.09 bits per heavy atom. The summed E-state index contributed by atoms with van der Waals surface area (Å²) in [6.45, 7) is 6.47. The number of carboxylic acid groups (broad SMARTS) is 2. The van der Waals surface area contributed by atoms with Gasteiger partial charge in [0.05, 0.1) is 10.4 Å². The van der Waals surface area contributed by atoms with Crippen LogP contribution in [0.25, 0.3) is 11.1 Å². The van der Waals surface area contributed by atoms with Gasteiger partial charge >= 0.3 is 12.1 Å². The van der Waals surface area contributed by atoms with Gasteiger partial charge in [0.1, 0.15) is 6.04 Å². The lowest BCUT2D eigenvalue weighted by atomic mass is 9.96. The summed E-state index contributed by atoms with van der Waals surface area (Å²) < 4.78 is 1.45. The van der Waals surface area contributed by atoms with E-state index < -0.39 is 22.2 Å². The summed E-state index contributed by atoms with van der Waals surface area (Å²) in [5.74, 6) is -1.07. The topological polar surface area (TPSA) is 95.7 Å². The Bertz CT molecular complexity index is 1130. The van der Waals surface area contributed by atoms with E-state index in [4.69, 9.17) is 0 Å². The number of carboxylic acids is 1. The minimum atomic E-state index is -1.23. The number of carbonyl (C=O) groups is 2. The normalized spacial score (nSPS) is 13.0. The predicted molar refractivity (Wildman–Crippen MR) is 140 cm³/mol. The number of amides is 1. The van der Waals surface area contributed by atoms with E-state index in [-0.39, 0.29) is 12.3 Å². The van der Waals surface area contributed by atoms with Crippen LogP contribution in [-0.2, 0) is 17.8 Å². The Hall–Kier alpha value is -2.88. The Labute approximate surface area is 213 Å². The first-order valence-corrected chi connectivity index (χ1v) is 12.4. The molecule has 0 aliphatic carbocycles. The average molecular weight is 575 g/mol. The summed E-state index contributed by atoms with van der Waals surface area (Å²) in [4.78, 5) is 29.2. The zero-order valence-electron chi connectivity index (χ0n) is 19.6. The van der Waals surface area contributed by atoms with Gasteiger partial charge in [0, 0.05) is 24.9 Å². The first-order chi connectivity index (χ1) is 16.2. The first-order valence-electron chi connectivity index (χ1n) is 11.2. The van der Waals surface area contributed by atoms with E-state index in [1.165, 1.54) is 11.1 Å². The highest BCUT2D eigenvalue weighted by Crippen LogP contribution is 2.27. The van der Waals surface area contributed by atoms with Gasteiger partial charge in [-0.05, 0) is 41.5 Å². The SMILES string of the molecule is Cc1c(Cn2cncc2CC(I)N(C(=O)O)C(CC(C)C)C(=O)O)cccc1-c1ccccc1. The summed E-state index contributed by atoms with van der Waals surface area (Å²) in [6.07, 6.45) is 2.84. The molecule has 1 amide bonds. The van der Waals surface area contributed by atoms with Gasteiger partial charge in [0.15, 0.2) is 0 Å². The van der Waals surface area contributed by atoms with E-state index in [0.29, 0.717) is 13.0 Å². The third-order valence-electron chi connectivity index (χ3n) is 5.89. The van der Waals surface area contributed by atoms with Crippen molar-refractivity contribution >= 4 is 34.7 Å². The minimum Gasteiger partial charge on any atom is -0.480 e. The Kier molecular flexibility index (Phi) is 8.71. The number of aromatic nitrogens is 2. The fourth-order valence-corrected chi connectivity index (χ4v) is 5.21. The van der Waals surface area contributed by atoms with Gasteiger partial charge in [-0.15, -0.1) is 0 Å². The van der Waals surface area contributed by atoms with Crippen molar-refractivity contribution in [1.82, 2.24) is 14.5 Å². The number of hydrogen-bond donors (Lipinski definition) is 2. The third-order valence-corrected chi connectivity index (χ3v) is 6.93. The highest BCUT2D eigenvalue weighted by molar-refractivity contribution is 14.1. The third kappa shape index (κ3) is 6.16. The smallest absolute Gasteiger partial charge is 0.408 e. The van der Waals surface area contributed by atoms with Crippen molar-refractivity contribution < 1.29 is 19.8 Å². The Balaban J connectivity index is 1.83. The largest absolute Gasteiger partial charge is 0.480 e. The number of aliphatic carboxylic acids is 1. The molecule has 3 aromatic rings. The second-order valence-corrected chi connectivity index (χ2v) is 10.2. The summed E-state index contributed by atoms with van der Waals surface area (Å²) in [6, 6.07) is 15.4. The number of alkyl halides is 1. The maximum atomic E-state index is 12.0. The van der Waals surface area contributed by atoms with E-state index in [2.05, 4.69) is 36.2 Å². The number of halogens is 1. The number of hydrogen-bond acceptors (Lipinski definition) is 3. The van der Waals surface area contributed by atoms with Crippen LogP contribution in [0.3, 0.4) is 0 Å². The predicted octanol–water partition coefficient (Wildman–Crippen LogP) is 5.69. The van der Waals surface area contributed by atoms with Crippen LogP contribution < -0.4 is 0 Å². The first kappa shape index (κ1) is 25.7. The van der Waals surface area contributed by atoms with Crippen molar-refractivity contribution in [3.8, 4) is 11.1 Å². The van der Waals surface area contributed by atoms with Crippen molar-refractivity contribution in [3.63, 3.8) is 0 Å². The molecule has 2 N–H and O–H groups in total. The molecule has 0 saturated carbocycles. The average Bonchev–Trinajstić information content (AvgIpc) is 3.21. The highest BCUT2D eigenvalue weighted by atomic mass is 127. The molecule has 0 bridgehead atoms. The Morgan fingerprint density at radius 2 is 1.79 bits per heavy atom. The molecule has 0 aliphatic heterocycles. The molecule has 8 heteroatoms. The monoisotopic (exact) mass is 575 g/mol. The van der Waals surface area contributed by atoms with Gasteiger partial charge < -0.3 is 14.8 Å². The maximum Gasteiger partial charge on any atom is 0.408 e. The molecule has 0 radical (unpaired) electrons. The fraction of sp³-hybridized carbons (Fsp3) is 0.346. The van der Waals surface area contributed by atoms with E-state index in [0.717, 1.165) is 21.7 Å². The molecule has 0 spiro atoms. The van der Waals surface area contributed by atoms with Gasteiger partial charge in [-0.25, -0.2) is 14.6 Å². The molecule has 2 atom stereocenters. The lowest BCUT2D eigenvalue weighted by Crippen LogP contribution is -2.49. The fourth-order valence-electron chi connectivity index (χ4n) is 4.13. The Morgan fingerprint density at radius 3 is 2.41 bits per heavy atom. The lowest BCUT2D eigenvalue weighted by Gasteiger charge is -2.31. The zero-order valence-corrected chi connectivity index (χ0v) is 21.7. The zero-order chi connectivity index (χ0) is 24.8. The van der Waals surface area contributed by atoms with Crippen molar-refractivity contribution in [2.24, 2.45) is 5.92 Å². The second-order valence-electron chi connectivity index (χ2n) is 8.78. The van der Waals surface area contributed by atoms with Crippen LogP contribution in [0.1, 0.15) is 37.1 Å². The minimum absolute atomic E-state index is 0.0527. The number of imidazole rings is 1. The molecule has 3 rings (SSSR count). The molecule has 1 heterocycles. The highest BCUT2D eigenvalue weighted by Gasteiger charge is 2.35. The summed E-state index contributed by atoms with van der Waals surface area (Å²) in [7, 11) is 0. The molecular weight excluding hydrogens is 545 g/mol. The molecule has 0 fully saturated rings. The van der Waals surface area contributed by atoms with E-state index >= 15 is 0 Å². The lowest BCUT2D eigenvalue weighted by molar-refractivity contribution is -0.143. The van der Waals surface area contributed by atoms with Crippen LogP contribution in [0.4, 0.5) is 4.79 Å². The quantitative estimate of drug-likeness (QED) is 0.184. The second kappa shape index (κ2) is 11.5. The van der Waals surface area contributed by atoms with Crippen LogP contribution in [0.15, 0.2) is 61.1 Å². The van der Waals surface area contributed by atoms with Crippen molar-refractivity contribution in [3.05, 3.63) is 77.9 Å². The summed E-state index contributed by atoms with van der Waals surface area (Å²) in [5, 5.41) is 19.5.